The van der Waals surface area contributed by atoms with Gasteiger partial charge in [-0.25, -0.2) is 0 Å². The fraction of sp³-hybridized carbons (Fsp3) is 0.833. The van der Waals surface area contributed by atoms with Crippen LogP contribution in [-0.2, 0) is 9.47 Å². The van der Waals surface area contributed by atoms with Gasteiger partial charge >= 0.3 is 0 Å². The Bertz CT molecular complexity index is 58.8. The van der Waals surface area contributed by atoms with E-state index in [0.29, 0.717) is 6.29 Å². The molecule has 0 saturated carbocycles. The van der Waals surface area contributed by atoms with E-state index >= 15 is 0 Å². The van der Waals surface area contributed by atoms with E-state index in [4.69, 9.17) is 19.7 Å². The lowest BCUT2D eigenvalue weighted by Crippen LogP contribution is -2.10. The monoisotopic (exact) mass is 149 g/mol. The molecule has 0 bridgehead atoms. The predicted molar refractivity (Wildman–Crippen MR) is 35.0 cm³/mol. The first-order valence-corrected chi connectivity index (χ1v) is 3.12. The van der Waals surface area contributed by atoms with E-state index < -0.39 is 0 Å². The Hall–Kier alpha value is -0.160. The maximum absolute atomic E-state index is 8.30. The van der Waals surface area contributed by atoms with Crippen LogP contribution >= 0.6 is 0 Å². The first-order chi connectivity index (χ1) is 4.81. The van der Waals surface area contributed by atoms with Crippen LogP contribution in [0.5, 0.6) is 0 Å². The van der Waals surface area contributed by atoms with Crippen molar-refractivity contribution in [3.8, 4) is 0 Å². The number of aliphatic hydroxyl groups is 2. The van der Waals surface area contributed by atoms with Crippen LogP contribution in [0.25, 0.3) is 0 Å². The molecule has 0 saturated heterocycles. The molecule has 0 fully saturated rings. The minimum absolute atomic E-state index is 0.0280. The lowest BCUT2D eigenvalue weighted by Gasteiger charge is -2.09. The summed E-state index contributed by atoms with van der Waals surface area (Å²) in [6.07, 6.45) is 0.378. The summed E-state index contributed by atoms with van der Waals surface area (Å²) in [4.78, 5) is 0. The minimum Gasteiger partial charge on any atom is -0.394 e. The fourth-order valence-electron chi connectivity index (χ4n) is 0.420. The molecule has 1 radical (unpaired) electrons. The van der Waals surface area contributed by atoms with Gasteiger partial charge in [0.15, 0.2) is 0 Å². The highest BCUT2D eigenvalue weighted by Crippen LogP contribution is 2.00. The smallest absolute Gasteiger partial charge is 0.220 e. The molecule has 0 spiro atoms. The zero-order chi connectivity index (χ0) is 7.82. The van der Waals surface area contributed by atoms with Gasteiger partial charge in [0.2, 0.25) is 6.29 Å². The molecule has 0 aromatic heterocycles. The molecule has 4 nitrogen and oxygen atoms in total. The average molecular weight is 149 g/mol. The van der Waals surface area contributed by atoms with Crippen molar-refractivity contribution in [1.82, 2.24) is 0 Å². The summed E-state index contributed by atoms with van der Waals surface area (Å²) in [5.41, 5.74) is 0. The van der Waals surface area contributed by atoms with Crippen molar-refractivity contribution in [3.63, 3.8) is 0 Å². The first-order valence-electron chi connectivity index (χ1n) is 3.12. The van der Waals surface area contributed by atoms with Gasteiger partial charge in [-0.15, -0.1) is 0 Å². The summed E-state index contributed by atoms with van der Waals surface area (Å²) in [6.45, 7) is 2.04. The molecular formula is C6H13O4. The van der Waals surface area contributed by atoms with Crippen molar-refractivity contribution in [2.24, 2.45) is 0 Å². The van der Waals surface area contributed by atoms with Crippen LogP contribution < -0.4 is 0 Å². The molecule has 4 heteroatoms. The SMILES string of the molecule is C[C](OCCO)OCCO. The average Bonchev–Trinajstić information content (AvgIpc) is 1.97. The van der Waals surface area contributed by atoms with Crippen LogP contribution in [0.15, 0.2) is 0 Å². The van der Waals surface area contributed by atoms with E-state index in [9.17, 15) is 0 Å². The lowest BCUT2D eigenvalue weighted by molar-refractivity contribution is -0.0545. The second-order valence-electron chi connectivity index (χ2n) is 1.64. The van der Waals surface area contributed by atoms with Crippen molar-refractivity contribution >= 4 is 0 Å². The van der Waals surface area contributed by atoms with E-state index in [1.165, 1.54) is 0 Å². The van der Waals surface area contributed by atoms with Gasteiger partial charge in [-0.2, -0.15) is 0 Å². The van der Waals surface area contributed by atoms with Gasteiger partial charge < -0.3 is 19.7 Å². The van der Waals surface area contributed by atoms with E-state index in [1.807, 2.05) is 0 Å². The minimum atomic E-state index is -0.0280. The van der Waals surface area contributed by atoms with Crippen LogP contribution in [-0.4, -0.2) is 36.6 Å². The maximum atomic E-state index is 8.30. The summed E-state index contributed by atoms with van der Waals surface area (Å²) < 4.78 is 9.65. The topological polar surface area (TPSA) is 58.9 Å². The molecule has 0 aromatic rings. The van der Waals surface area contributed by atoms with Crippen LogP contribution in [0.2, 0.25) is 0 Å². The Morgan fingerprint density at radius 2 is 1.50 bits per heavy atom. The quantitative estimate of drug-likeness (QED) is 0.535. The molecular weight excluding hydrogens is 136 g/mol. The van der Waals surface area contributed by atoms with E-state index in [-0.39, 0.29) is 26.4 Å². The van der Waals surface area contributed by atoms with Crippen molar-refractivity contribution < 1.29 is 19.7 Å². The molecule has 0 amide bonds. The molecule has 2 N–H and O–H groups in total. The highest BCUT2D eigenvalue weighted by atomic mass is 16.7. The third kappa shape index (κ3) is 5.97. The fourth-order valence-corrected chi connectivity index (χ4v) is 0.420. The van der Waals surface area contributed by atoms with E-state index in [0.717, 1.165) is 0 Å². The summed E-state index contributed by atoms with van der Waals surface area (Å²) >= 11 is 0. The van der Waals surface area contributed by atoms with Crippen LogP contribution in [0.4, 0.5) is 0 Å². The standard InChI is InChI=1S/C6H13O4/c1-6(9-4-2-7)10-5-3-8/h7-8H,2-5H2,1H3. The van der Waals surface area contributed by atoms with Crippen molar-refractivity contribution in [3.05, 3.63) is 6.29 Å². The number of rotatable bonds is 6. The Morgan fingerprint density at radius 3 is 1.80 bits per heavy atom. The van der Waals surface area contributed by atoms with Gasteiger partial charge in [0, 0.05) is 0 Å². The third-order valence-electron chi connectivity index (χ3n) is 0.793. The van der Waals surface area contributed by atoms with Crippen molar-refractivity contribution in [1.29, 1.82) is 0 Å². The summed E-state index contributed by atoms with van der Waals surface area (Å²) in [5.74, 6) is 0. The number of aliphatic hydroxyl groups excluding tert-OH is 2. The summed E-state index contributed by atoms with van der Waals surface area (Å²) in [5, 5.41) is 16.6. The van der Waals surface area contributed by atoms with Gasteiger partial charge in [0.1, 0.15) is 0 Å². The molecule has 0 unspecified atom stereocenters. The third-order valence-corrected chi connectivity index (χ3v) is 0.793. The second kappa shape index (κ2) is 6.95. The van der Waals surface area contributed by atoms with Gasteiger partial charge in [0.25, 0.3) is 0 Å². The highest BCUT2D eigenvalue weighted by molar-refractivity contribution is 4.53. The number of hydrogen-bond acceptors (Lipinski definition) is 4. The summed E-state index contributed by atoms with van der Waals surface area (Å²) in [6, 6.07) is 0. The summed E-state index contributed by atoms with van der Waals surface area (Å²) in [7, 11) is 0. The molecule has 0 heterocycles. The Morgan fingerprint density at radius 1 is 1.10 bits per heavy atom. The van der Waals surface area contributed by atoms with Gasteiger partial charge in [-0.3, -0.25) is 0 Å². The van der Waals surface area contributed by atoms with Crippen LogP contribution in [0, 0.1) is 6.29 Å². The number of ether oxygens (including phenoxy) is 2. The molecule has 10 heavy (non-hydrogen) atoms. The molecule has 0 aliphatic heterocycles. The van der Waals surface area contributed by atoms with Crippen molar-refractivity contribution in [2.45, 2.75) is 6.92 Å². The first kappa shape index (κ1) is 9.84. The van der Waals surface area contributed by atoms with E-state index in [2.05, 4.69) is 0 Å². The van der Waals surface area contributed by atoms with Crippen LogP contribution in [0.3, 0.4) is 0 Å². The molecule has 0 aromatic carbocycles. The second-order valence-corrected chi connectivity index (χ2v) is 1.64. The van der Waals surface area contributed by atoms with Crippen molar-refractivity contribution in [2.75, 3.05) is 26.4 Å². The van der Waals surface area contributed by atoms with E-state index in [1.54, 1.807) is 6.92 Å². The molecule has 0 rings (SSSR count). The molecule has 0 atom stereocenters. The van der Waals surface area contributed by atoms with Gasteiger partial charge in [-0.1, -0.05) is 0 Å². The molecule has 61 valence electrons. The lowest BCUT2D eigenvalue weighted by atomic mass is 10.7. The zero-order valence-corrected chi connectivity index (χ0v) is 6.04. The Labute approximate surface area is 60.4 Å². The van der Waals surface area contributed by atoms with Crippen LogP contribution in [0.1, 0.15) is 6.92 Å². The predicted octanol–water partition coefficient (Wildman–Crippen LogP) is -0.486. The normalized spacial score (nSPS) is 10.8. The Kier molecular flexibility index (Phi) is 6.84. The Balaban J connectivity index is 3.00. The highest BCUT2D eigenvalue weighted by Gasteiger charge is 2.01. The van der Waals surface area contributed by atoms with Gasteiger partial charge in [-0.05, 0) is 6.92 Å². The largest absolute Gasteiger partial charge is 0.394 e. The maximum Gasteiger partial charge on any atom is 0.220 e. The van der Waals surface area contributed by atoms with Gasteiger partial charge in [0.05, 0.1) is 26.4 Å². The number of hydrogen-bond donors (Lipinski definition) is 2. The molecule has 0 aliphatic rings. The molecule has 0 aliphatic carbocycles. The zero-order valence-electron chi connectivity index (χ0n) is 6.04.